The van der Waals surface area contributed by atoms with Crippen LogP contribution in [0.25, 0.3) is 187 Å². The zero-order chi connectivity index (χ0) is 64.3. The van der Waals surface area contributed by atoms with Crippen LogP contribution < -0.4 is 0 Å². The number of fused-ring (bicyclic) bond motifs is 24. The first-order valence-corrected chi connectivity index (χ1v) is 33.5. The number of hydrogen-bond donors (Lipinski definition) is 0. The molecule has 0 bridgehead atoms. The Morgan fingerprint density at radius 1 is 0.194 bits per heavy atom. The third kappa shape index (κ3) is 7.40. The van der Waals surface area contributed by atoms with Gasteiger partial charge in [0.15, 0.2) is 0 Å². The molecule has 7 heteroatoms. The number of nitrogens with zero attached hydrogens (tertiary/aromatic N) is 7. The average molecular weight is 1250 g/mol. The van der Waals surface area contributed by atoms with Gasteiger partial charge in [0.05, 0.1) is 77.6 Å². The van der Waals surface area contributed by atoms with Crippen LogP contribution in [-0.2, 0) is 0 Å². The monoisotopic (exact) mass is 1250 g/mol. The van der Waals surface area contributed by atoms with Crippen molar-refractivity contribution in [3.8, 4) is 62.4 Å². The van der Waals surface area contributed by atoms with E-state index >= 15 is 0 Å². The van der Waals surface area contributed by atoms with Gasteiger partial charge < -0.3 is 27.4 Å². The lowest BCUT2D eigenvalue weighted by Crippen LogP contribution is -2.06. The Morgan fingerprint density at radius 3 is 0.663 bits per heavy atom. The molecule has 0 saturated heterocycles. The summed E-state index contributed by atoms with van der Waals surface area (Å²) in [5.41, 5.74) is 23.4. The Bertz CT molecular complexity index is 6430. The van der Waals surface area contributed by atoms with Crippen LogP contribution in [0.2, 0.25) is 0 Å². The van der Waals surface area contributed by atoms with E-state index in [0.29, 0.717) is 5.56 Å². The molecule has 454 valence electrons. The molecule has 6 heterocycles. The number of aromatic nitrogens is 6. The maximum atomic E-state index is 13.0. The number of benzene rings is 15. The van der Waals surface area contributed by atoms with Crippen molar-refractivity contribution in [2.45, 2.75) is 0 Å². The topological polar surface area (TPSA) is 53.4 Å². The van der Waals surface area contributed by atoms with E-state index in [1.54, 1.807) is 0 Å². The van der Waals surface area contributed by atoms with E-state index in [-0.39, 0.29) is 0 Å². The third-order valence-corrected chi connectivity index (χ3v) is 20.7. The van der Waals surface area contributed by atoms with Gasteiger partial charge >= 0.3 is 0 Å². The molecular formula is C91H55N7. The summed E-state index contributed by atoms with van der Waals surface area (Å²) in [5, 5.41) is 26.4. The zero-order valence-electron chi connectivity index (χ0n) is 52.9. The van der Waals surface area contributed by atoms with E-state index in [4.69, 9.17) is 0 Å². The predicted molar refractivity (Wildman–Crippen MR) is 408 cm³/mol. The summed E-state index contributed by atoms with van der Waals surface area (Å²) in [6.07, 6.45) is 0. The van der Waals surface area contributed by atoms with Crippen molar-refractivity contribution in [2.75, 3.05) is 0 Å². The first kappa shape index (κ1) is 54.0. The van der Waals surface area contributed by atoms with Crippen LogP contribution in [0.15, 0.2) is 334 Å². The van der Waals surface area contributed by atoms with Crippen molar-refractivity contribution < 1.29 is 0 Å². The normalized spacial score (nSPS) is 12.1. The molecule has 0 spiro atoms. The summed E-state index contributed by atoms with van der Waals surface area (Å²) in [5.74, 6) is 0. The standard InChI is InChI=1S/C91H55N7/c92-56-71-78(97-76-48-26-20-42-69(76)84-88-80(65-38-16-22-44-72(65)93(88)61-30-8-2-9-31-61)86-82(90(84)97)67-40-18-24-46-74(67)95(86)63-34-12-4-13-35-63)54-60(59-52-50-58(51-53-59)57-28-6-1-7-29-57)55-79(71)98-77-49-27-21-43-70(77)85-89-81(66-39-17-23-45-73(66)94(89)62-32-10-3-11-33-62)87-83(91(85)98)68-41-19-25-47-75(68)96(87)64-36-14-5-15-37-64/h1-55H. The van der Waals surface area contributed by atoms with Gasteiger partial charge in [-0.05, 0) is 119 Å². The van der Waals surface area contributed by atoms with Crippen LogP contribution in [-0.4, -0.2) is 27.4 Å². The second kappa shape index (κ2) is 20.8. The third-order valence-electron chi connectivity index (χ3n) is 20.7. The Balaban J connectivity index is 1.01. The maximum absolute atomic E-state index is 13.0. The smallest absolute Gasteiger partial charge is 0.104 e. The van der Waals surface area contributed by atoms with Gasteiger partial charge in [-0.15, -0.1) is 0 Å². The van der Waals surface area contributed by atoms with Crippen molar-refractivity contribution in [2.24, 2.45) is 0 Å². The molecule has 21 rings (SSSR count). The highest BCUT2D eigenvalue weighted by molar-refractivity contribution is 6.42. The number of nitriles is 1. The molecule has 0 radical (unpaired) electrons. The van der Waals surface area contributed by atoms with Crippen LogP contribution in [0.3, 0.4) is 0 Å². The fraction of sp³-hybridized carbons (Fsp3) is 0. The molecule has 6 aromatic heterocycles. The molecule has 15 aromatic carbocycles. The van der Waals surface area contributed by atoms with Crippen molar-refractivity contribution in [3.63, 3.8) is 0 Å². The Morgan fingerprint density at radius 2 is 0.398 bits per heavy atom. The lowest BCUT2D eigenvalue weighted by atomic mass is 9.97. The quantitative estimate of drug-likeness (QED) is 0.150. The van der Waals surface area contributed by atoms with Gasteiger partial charge in [-0.3, -0.25) is 0 Å². The van der Waals surface area contributed by atoms with Gasteiger partial charge in [0.25, 0.3) is 0 Å². The van der Waals surface area contributed by atoms with E-state index in [2.05, 4.69) is 367 Å². The summed E-state index contributed by atoms with van der Waals surface area (Å²) in [6, 6.07) is 124. The minimum absolute atomic E-state index is 0.534. The lowest BCUT2D eigenvalue weighted by Gasteiger charge is -2.20. The molecule has 0 amide bonds. The van der Waals surface area contributed by atoms with Gasteiger partial charge in [-0.1, -0.05) is 237 Å². The van der Waals surface area contributed by atoms with Crippen molar-refractivity contribution in [1.29, 1.82) is 5.26 Å². The molecule has 0 N–H and O–H groups in total. The number of hydrogen-bond acceptors (Lipinski definition) is 1. The summed E-state index contributed by atoms with van der Waals surface area (Å²) in [6.45, 7) is 0. The SMILES string of the molecule is N#Cc1c(-n2c3ccccc3c3c4c(c5ccccc5n4-c4ccccc4)c4c(c5ccccc5n4-c4ccccc4)c32)cc(-c2ccc(-c3ccccc3)cc2)cc1-n1c2ccccc2c2c3c(c4ccccc4n3-c3ccccc3)c3c(c4ccccc4n3-c3ccccc3)c21. The maximum Gasteiger partial charge on any atom is 0.104 e. The second-order valence-electron chi connectivity index (χ2n) is 25.7. The lowest BCUT2D eigenvalue weighted by molar-refractivity contribution is 1.12. The molecule has 0 aliphatic rings. The Labute approximate surface area is 561 Å². The zero-order valence-corrected chi connectivity index (χ0v) is 52.9. The molecular weight excluding hydrogens is 1190 g/mol. The van der Waals surface area contributed by atoms with E-state index in [1.807, 2.05) is 0 Å². The van der Waals surface area contributed by atoms with Gasteiger partial charge in [0.1, 0.15) is 11.6 Å². The van der Waals surface area contributed by atoms with E-state index in [0.717, 1.165) is 187 Å². The van der Waals surface area contributed by atoms with Gasteiger partial charge in [-0.25, -0.2) is 0 Å². The van der Waals surface area contributed by atoms with Gasteiger partial charge in [0, 0.05) is 87.4 Å². The first-order valence-electron chi connectivity index (χ1n) is 33.5. The first-order chi connectivity index (χ1) is 48.7. The Kier molecular flexibility index (Phi) is 11.5. The minimum Gasteiger partial charge on any atom is -0.308 e. The largest absolute Gasteiger partial charge is 0.308 e. The van der Waals surface area contributed by atoms with Gasteiger partial charge in [-0.2, -0.15) is 5.26 Å². The summed E-state index contributed by atoms with van der Waals surface area (Å²) >= 11 is 0. The highest BCUT2D eigenvalue weighted by atomic mass is 15.1. The second-order valence-corrected chi connectivity index (χ2v) is 25.7. The molecule has 0 aliphatic carbocycles. The van der Waals surface area contributed by atoms with Crippen LogP contribution in [0, 0.1) is 11.3 Å². The van der Waals surface area contributed by atoms with Crippen LogP contribution in [0.1, 0.15) is 5.56 Å². The Hall–Kier alpha value is -13.4. The van der Waals surface area contributed by atoms with Crippen molar-refractivity contribution >= 4 is 131 Å². The van der Waals surface area contributed by atoms with Crippen molar-refractivity contribution in [1.82, 2.24) is 27.4 Å². The summed E-state index contributed by atoms with van der Waals surface area (Å²) < 4.78 is 14.9. The van der Waals surface area contributed by atoms with Crippen LogP contribution in [0.5, 0.6) is 0 Å². The van der Waals surface area contributed by atoms with Gasteiger partial charge in [0.2, 0.25) is 0 Å². The minimum atomic E-state index is 0.534. The van der Waals surface area contributed by atoms with E-state index in [1.165, 1.54) is 0 Å². The molecule has 98 heavy (non-hydrogen) atoms. The molecule has 21 aromatic rings. The molecule has 0 atom stereocenters. The predicted octanol–water partition coefficient (Wildman–Crippen LogP) is 23.5. The van der Waals surface area contributed by atoms with Crippen molar-refractivity contribution in [3.05, 3.63) is 339 Å². The van der Waals surface area contributed by atoms with E-state index < -0.39 is 0 Å². The number of para-hydroxylation sites is 10. The molecule has 0 aliphatic heterocycles. The average Bonchev–Trinajstić information content (AvgIpc) is 1.51. The van der Waals surface area contributed by atoms with E-state index in [9.17, 15) is 5.26 Å². The number of rotatable bonds is 8. The highest BCUT2D eigenvalue weighted by Crippen LogP contribution is 2.54. The molecule has 0 saturated carbocycles. The fourth-order valence-corrected chi connectivity index (χ4v) is 16.9. The molecule has 7 nitrogen and oxygen atoms in total. The highest BCUT2D eigenvalue weighted by Gasteiger charge is 2.33. The van der Waals surface area contributed by atoms with Crippen LogP contribution >= 0.6 is 0 Å². The fourth-order valence-electron chi connectivity index (χ4n) is 16.9. The summed E-state index contributed by atoms with van der Waals surface area (Å²) in [7, 11) is 0. The molecule has 0 unspecified atom stereocenters. The summed E-state index contributed by atoms with van der Waals surface area (Å²) in [4.78, 5) is 0. The molecule has 0 fully saturated rings. The van der Waals surface area contributed by atoms with Crippen LogP contribution in [0.4, 0.5) is 0 Å².